The average molecular weight is 622 g/mol. The summed E-state index contributed by atoms with van der Waals surface area (Å²) >= 11 is 0. The third-order valence-corrected chi connectivity index (χ3v) is 9.68. The maximum Gasteiger partial charge on any atom is 0.262 e. The fraction of sp³-hybridized carbons (Fsp3) is 0.514. The molecule has 0 aliphatic rings. The van der Waals surface area contributed by atoms with E-state index in [0.717, 1.165) is 52.5 Å². The molecule has 0 bridgehead atoms. The molecule has 6 nitrogen and oxygen atoms in total. The van der Waals surface area contributed by atoms with Crippen molar-refractivity contribution in [1.29, 1.82) is 0 Å². The number of methoxy groups -OCH3 is 1. The first-order valence-corrected chi connectivity index (χ1v) is 17.9. The molecule has 0 atom stereocenters. The van der Waals surface area contributed by atoms with Crippen molar-refractivity contribution in [2.24, 2.45) is 0 Å². The van der Waals surface area contributed by atoms with Gasteiger partial charge in [-0.05, 0) is 89.8 Å². The van der Waals surface area contributed by atoms with Gasteiger partial charge in [-0.3, -0.25) is 4.72 Å². The third kappa shape index (κ3) is 9.40. The zero-order chi connectivity index (χ0) is 32.4. The fourth-order valence-corrected chi connectivity index (χ4v) is 7.20. The predicted molar refractivity (Wildman–Crippen MR) is 189 cm³/mol. The first-order chi connectivity index (χ1) is 20.9. The molecule has 0 heterocycles. The molecule has 0 aliphatic heterocycles. The lowest BCUT2D eigenvalue weighted by Crippen LogP contribution is -2.19. The number of ether oxygens (including phenoxy) is 1. The van der Waals surface area contributed by atoms with E-state index in [1.165, 1.54) is 37.7 Å². The standard InChI is InChI=1S/C37H55N3O3S/c1-10-11-12-13-14-15-20-38-36-24-30(16-18-35(36)39-34-19-17-31(43-9)21-28(34)8)40-44(41,42)37-32(26(4)5)22-29(25(2)3)23-33(37)27(6)7/h16-19,21-27,38-40H,10-15,20H2,1-9H3. The number of anilines is 4. The Bertz CT molecular complexity index is 1450. The number of rotatable bonds is 17. The quantitative estimate of drug-likeness (QED) is 0.131. The second-order valence-corrected chi connectivity index (χ2v) is 14.5. The minimum Gasteiger partial charge on any atom is -0.497 e. The van der Waals surface area contributed by atoms with Crippen LogP contribution in [0.5, 0.6) is 5.75 Å². The molecule has 3 aromatic carbocycles. The van der Waals surface area contributed by atoms with E-state index in [1.807, 2.05) is 43.3 Å². The van der Waals surface area contributed by atoms with Crippen LogP contribution in [0.1, 0.15) is 127 Å². The Morgan fingerprint density at radius 2 is 1.34 bits per heavy atom. The zero-order valence-corrected chi connectivity index (χ0v) is 29.3. The minimum absolute atomic E-state index is 0.0617. The van der Waals surface area contributed by atoms with Crippen LogP contribution in [0.4, 0.5) is 22.7 Å². The van der Waals surface area contributed by atoms with Crippen molar-refractivity contribution in [3.8, 4) is 5.75 Å². The van der Waals surface area contributed by atoms with E-state index >= 15 is 0 Å². The van der Waals surface area contributed by atoms with Gasteiger partial charge in [-0.1, -0.05) is 92.7 Å². The van der Waals surface area contributed by atoms with E-state index < -0.39 is 10.0 Å². The Hall–Kier alpha value is -3.19. The van der Waals surface area contributed by atoms with E-state index in [2.05, 4.69) is 76.0 Å². The summed E-state index contributed by atoms with van der Waals surface area (Å²) < 4.78 is 36.6. The molecule has 0 aromatic heterocycles. The molecule has 0 spiro atoms. The molecular weight excluding hydrogens is 566 g/mol. The van der Waals surface area contributed by atoms with Crippen LogP contribution >= 0.6 is 0 Å². The first-order valence-electron chi connectivity index (χ1n) is 16.4. The number of nitrogens with one attached hydrogen (secondary N) is 3. The Kier molecular flexibility index (Phi) is 13.0. The topological polar surface area (TPSA) is 79.5 Å². The largest absolute Gasteiger partial charge is 0.497 e. The highest BCUT2D eigenvalue weighted by molar-refractivity contribution is 7.92. The van der Waals surface area contributed by atoms with Crippen molar-refractivity contribution in [3.05, 3.63) is 70.8 Å². The molecule has 0 saturated heterocycles. The molecule has 0 amide bonds. The van der Waals surface area contributed by atoms with Gasteiger partial charge in [-0.2, -0.15) is 0 Å². The third-order valence-electron chi connectivity index (χ3n) is 8.17. The van der Waals surface area contributed by atoms with Crippen molar-refractivity contribution in [2.75, 3.05) is 29.0 Å². The van der Waals surface area contributed by atoms with Crippen LogP contribution in [0.25, 0.3) is 0 Å². The summed E-state index contributed by atoms with van der Waals surface area (Å²) in [5.41, 5.74) is 7.20. The minimum atomic E-state index is -3.86. The summed E-state index contributed by atoms with van der Waals surface area (Å²) in [6.07, 6.45) is 7.24. The first kappa shape index (κ1) is 35.3. The van der Waals surface area contributed by atoms with E-state index in [4.69, 9.17) is 4.74 Å². The van der Waals surface area contributed by atoms with Crippen molar-refractivity contribution >= 4 is 32.8 Å². The molecule has 3 N–H and O–H groups in total. The lowest BCUT2D eigenvalue weighted by Gasteiger charge is -2.23. The molecule has 3 rings (SSSR count). The van der Waals surface area contributed by atoms with Gasteiger partial charge in [0.15, 0.2) is 0 Å². The zero-order valence-electron chi connectivity index (χ0n) is 28.4. The lowest BCUT2D eigenvalue weighted by atomic mass is 9.89. The number of hydrogen-bond donors (Lipinski definition) is 3. The number of aryl methyl sites for hydroxylation is 1. The molecule has 0 fully saturated rings. The van der Waals surface area contributed by atoms with Crippen LogP contribution in [0.2, 0.25) is 0 Å². The van der Waals surface area contributed by atoms with Crippen molar-refractivity contribution in [3.63, 3.8) is 0 Å². The highest BCUT2D eigenvalue weighted by Crippen LogP contribution is 2.37. The predicted octanol–water partition coefficient (Wildman–Crippen LogP) is 10.7. The van der Waals surface area contributed by atoms with Gasteiger partial charge in [0.1, 0.15) is 5.75 Å². The summed E-state index contributed by atoms with van der Waals surface area (Å²) in [6.45, 7) is 17.6. The van der Waals surface area contributed by atoms with Crippen LogP contribution in [0.3, 0.4) is 0 Å². The highest BCUT2D eigenvalue weighted by Gasteiger charge is 2.27. The number of hydrogen-bond acceptors (Lipinski definition) is 5. The molecule has 242 valence electrons. The van der Waals surface area contributed by atoms with E-state index in [9.17, 15) is 8.42 Å². The number of benzene rings is 3. The number of sulfonamides is 1. The van der Waals surface area contributed by atoms with Crippen molar-refractivity contribution < 1.29 is 13.2 Å². The summed E-state index contributed by atoms with van der Waals surface area (Å²) in [5.74, 6) is 1.24. The van der Waals surface area contributed by atoms with E-state index in [-0.39, 0.29) is 11.8 Å². The Morgan fingerprint density at radius 3 is 1.91 bits per heavy atom. The van der Waals surface area contributed by atoms with Gasteiger partial charge in [0, 0.05) is 12.2 Å². The van der Waals surface area contributed by atoms with Gasteiger partial charge in [0.05, 0.1) is 29.1 Å². The Labute approximate surface area is 267 Å². The summed E-state index contributed by atoms with van der Waals surface area (Å²) in [4.78, 5) is 0.407. The average Bonchev–Trinajstić information content (AvgIpc) is 2.97. The lowest BCUT2D eigenvalue weighted by molar-refractivity contribution is 0.414. The smallest absolute Gasteiger partial charge is 0.262 e. The monoisotopic (exact) mass is 621 g/mol. The molecule has 0 aliphatic carbocycles. The second-order valence-electron chi connectivity index (χ2n) is 12.9. The van der Waals surface area contributed by atoms with Crippen LogP contribution in [-0.4, -0.2) is 22.1 Å². The van der Waals surface area contributed by atoms with Crippen LogP contribution in [0, 0.1) is 6.92 Å². The van der Waals surface area contributed by atoms with E-state index in [0.29, 0.717) is 16.5 Å². The van der Waals surface area contributed by atoms with Crippen molar-refractivity contribution in [1.82, 2.24) is 0 Å². The van der Waals surface area contributed by atoms with Gasteiger partial charge >= 0.3 is 0 Å². The Balaban J connectivity index is 1.97. The van der Waals surface area contributed by atoms with Crippen LogP contribution in [0.15, 0.2) is 53.4 Å². The molecular formula is C37H55N3O3S. The second kappa shape index (κ2) is 16.2. The molecule has 0 radical (unpaired) electrons. The maximum atomic E-state index is 14.2. The van der Waals surface area contributed by atoms with Crippen molar-refractivity contribution in [2.45, 2.75) is 117 Å². The summed E-state index contributed by atoms with van der Waals surface area (Å²) in [5, 5.41) is 7.14. The Morgan fingerprint density at radius 1 is 0.727 bits per heavy atom. The van der Waals surface area contributed by atoms with Gasteiger partial charge in [0.2, 0.25) is 0 Å². The van der Waals surface area contributed by atoms with E-state index in [1.54, 1.807) is 7.11 Å². The van der Waals surface area contributed by atoms with Crippen LogP contribution < -0.4 is 20.1 Å². The van der Waals surface area contributed by atoms with Crippen LogP contribution in [-0.2, 0) is 10.0 Å². The molecule has 3 aromatic rings. The van der Waals surface area contributed by atoms with Gasteiger partial charge in [-0.25, -0.2) is 8.42 Å². The fourth-order valence-electron chi connectivity index (χ4n) is 5.45. The highest BCUT2D eigenvalue weighted by atomic mass is 32.2. The maximum absolute atomic E-state index is 14.2. The van der Waals surface area contributed by atoms with Gasteiger partial charge < -0.3 is 15.4 Å². The van der Waals surface area contributed by atoms with Gasteiger partial charge in [-0.15, -0.1) is 0 Å². The number of unbranched alkanes of at least 4 members (excludes halogenated alkanes) is 5. The molecule has 7 heteroatoms. The normalized spacial score (nSPS) is 11.8. The summed E-state index contributed by atoms with van der Waals surface area (Å²) in [6, 6.07) is 15.8. The molecule has 0 saturated carbocycles. The molecule has 44 heavy (non-hydrogen) atoms. The summed E-state index contributed by atoms with van der Waals surface area (Å²) in [7, 11) is -2.19. The SMILES string of the molecule is CCCCCCCCNc1cc(NS(=O)(=O)c2c(C(C)C)cc(C(C)C)cc2C(C)C)ccc1Nc1ccc(OC)cc1C. The molecule has 0 unspecified atom stereocenters. The van der Waals surface area contributed by atoms with Gasteiger partial charge in [0.25, 0.3) is 10.0 Å².